The number of anilines is 1. The Bertz CT molecular complexity index is 509. The number of hydrogen-bond donors (Lipinski definition) is 4. The van der Waals surface area contributed by atoms with Crippen molar-refractivity contribution in [1.29, 1.82) is 0 Å². The van der Waals surface area contributed by atoms with Crippen molar-refractivity contribution in [3.63, 3.8) is 0 Å². The predicted molar refractivity (Wildman–Crippen MR) is 78.2 cm³/mol. The number of carbonyl (C=O) groups is 1. The fourth-order valence-electron chi connectivity index (χ4n) is 1.59. The van der Waals surface area contributed by atoms with Crippen LogP contribution in [0.4, 0.5) is 5.69 Å². The number of nitrogen functional groups attached to an aromatic ring is 1. The lowest BCUT2D eigenvalue weighted by Gasteiger charge is -2.29. The molecule has 6 heteroatoms. The molecule has 5 N–H and O–H groups in total. The third-order valence-electron chi connectivity index (χ3n) is 2.65. The van der Waals surface area contributed by atoms with Gasteiger partial charge in [0.1, 0.15) is 16.8 Å². The molecule has 5 nitrogen and oxygen atoms in total. The molecule has 19 heavy (non-hydrogen) atoms. The number of carboxylic acids is 1. The summed E-state index contributed by atoms with van der Waals surface area (Å²) in [7, 11) is 0. The minimum atomic E-state index is -1.00. The van der Waals surface area contributed by atoms with E-state index in [0.29, 0.717) is 11.3 Å². The summed E-state index contributed by atoms with van der Waals surface area (Å²) in [6.07, 6.45) is 0. The molecule has 0 aromatic heterocycles. The van der Waals surface area contributed by atoms with Gasteiger partial charge in [0.2, 0.25) is 0 Å². The van der Waals surface area contributed by atoms with Gasteiger partial charge in [0.15, 0.2) is 0 Å². The van der Waals surface area contributed by atoms with Crippen molar-refractivity contribution in [3.05, 3.63) is 23.8 Å². The van der Waals surface area contributed by atoms with E-state index in [1.165, 1.54) is 12.1 Å². The van der Waals surface area contributed by atoms with Gasteiger partial charge in [-0.15, -0.1) is 0 Å². The lowest BCUT2D eigenvalue weighted by Crippen LogP contribution is -2.48. The number of nitrogens with two attached hydrogens (primary N) is 1. The van der Waals surface area contributed by atoms with E-state index in [0.717, 1.165) is 0 Å². The molecule has 0 aliphatic heterocycles. The highest BCUT2D eigenvalue weighted by atomic mass is 32.1. The lowest BCUT2D eigenvalue weighted by molar-refractivity contribution is -0.141. The second-order valence-electron chi connectivity index (χ2n) is 5.39. The van der Waals surface area contributed by atoms with Crippen molar-refractivity contribution in [2.24, 2.45) is 5.41 Å². The maximum Gasteiger partial charge on any atom is 0.326 e. The molecule has 0 spiro atoms. The summed E-state index contributed by atoms with van der Waals surface area (Å²) < 4.78 is 0. The van der Waals surface area contributed by atoms with Gasteiger partial charge in [0.25, 0.3) is 0 Å². The number of aromatic hydroxyl groups is 1. The minimum absolute atomic E-state index is 0.0373. The molecule has 0 fully saturated rings. The van der Waals surface area contributed by atoms with Gasteiger partial charge in [0, 0.05) is 5.69 Å². The van der Waals surface area contributed by atoms with Crippen molar-refractivity contribution in [2.45, 2.75) is 26.8 Å². The van der Waals surface area contributed by atoms with Gasteiger partial charge in [-0.3, -0.25) is 0 Å². The SMILES string of the molecule is CC(C)(C)[C@H](NC(=S)c1cc(N)ccc1O)C(=O)O. The molecular formula is C13H18N2O3S. The number of rotatable bonds is 3. The van der Waals surface area contributed by atoms with Crippen LogP contribution in [0.1, 0.15) is 26.3 Å². The first kappa shape index (κ1) is 15.2. The average molecular weight is 282 g/mol. The normalized spacial score (nSPS) is 12.8. The molecule has 0 saturated heterocycles. The third-order valence-corrected chi connectivity index (χ3v) is 2.99. The predicted octanol–water partition coefficient (Wildman–Crippen LogP) is 1.74. The van der Waals surface area contributed by atoms with Gasteiger partial charge >= 0.3 is 5.97 Å². The summed E-state index contributed by atoms with van der Waals surface area (Å²) in [6.45, 7) is 5.38. The highest BCUT2D eigenvalue weighted by Gasteiger charge is 2.32. The van der Waals surface area contributed by atoms with Crippen molar-refractivity contribution >= 4 is 28.9 Å². The van der Waals surface area contributed by atoms with Crippen molar-refractivity contribution in [3.8, 4) is 5.75 Å². The van der Waals surface area contributed by atoms with E-state index in [9.17, 15) is 15.0 Å². The largest absolute Gasteiger partial charge is 0.507 e. The second-order valence-corrected chi connectivity index (χ2v) is 5.80. The van der Waals surface area contributed by atoms with E-state index in [1.54, 1.807) is 26.8 Å². The number of phenols is 1. The first-order valence-corrected chi connectivity index (χ1v) is 6.16. The highest BCUT2D eigenvalue weighted by Crippen LogP contribution is 2.23. The summed E-state index contributed by atoms with van der Waals surface area (Å²) in [5.41, 5.74) is 5.87. The average Bonchev–Trinajstić information content (AvgIpc) is 2.26. The maximum atomic E-state index is 11.3. The zero-order chi connectivity index (χ0) is 14.8. The van der Waals surface area contributed by atoms with E-state index in [2.05, 4.69) is 5.32 Å². The fourth-order valence-corrected chi connectivity index (χ4v) is 1.87. The zero-order valence-electron chi connectivity index (χ0n) is 11.1. The Labute approximate surface area is 117 Å². The lowest BCUT2D eigenvalue weighted by atomic mass is 9.86. The third kappa shape index (κ3) is 3.82. The maximum absolute atomic E-state index is 11.3. The number of thiocarbonyl (C=S) groups is 1. The van der Waals surface area contributed by atoms with Gasteiger partial charge in [-0.25, -0.2) is 4.79 Å². The zero-order valence-corrected chi connectivity index (χ0v) is 11.9. The number of phenolic OH excluding ortho intramolecular Hbond substituents is 1. The molecule has 0 amide bonds. The minimum Gasteiger partial charge on any atom is -0.507 e. The Balaban J connectivity index is 3.01. The van der Waals surface area contributed by atoms with Gasteiger partial charge in [-0.1, -0.05) is 33.0 Å². The van der Waals surface area contributed by atoms with Crippen LogP contribution in [-0.4, -0.2) is 27.2 Å². The second kappa shape index (κ2) is 5.44. The van der Waals surface area contributed by atoms with Crippen LogP contribution in [0.2, 0.25) is 0 Å². The number of hydrogen-bond acceptors (Lipinski definition) is 4. The number of nitrogens with one attached hydrogen (secondary N) is 1. The van der Waals surface area contributed by atoms with Crippen LogP contribution in [0.3, 0.4) is 0 Å². The molecular weight excluding hydrogens is 264 g/mol. The van der Waals surface area contributed by atoms with Crippen molar-refractivity contribution in [2.75, 3.05) is 5.73 Å². The fraction of sp³-hybridized carbons (Fsp3) is 0.385. The topological polar surface area (TPSA) is 95.6 Å². The molecule has 1 aromatic rings. The molecule has 1 atom stereocenters. The summed E-state index contributed by atoms with van der Waals surface area (Å²) >= 11 is 5.14. The Morgan fingerprint density at radius 2 is 2.00 bits per heavy atom. The molecule has 0 saturated carbocycles. The number of aliphatic carboxylic acids is 1. The Kier molecular flexibility index (Phi) is 4.36. The van der Waals surface area contributed by atoms with E-state index in [1.807, 2.05) is 0 Å². The molecule has 0 radical (unpaired) electrons. The van der Waals surface area contributed by atoms with Crippen molar-refractivity contribution < 1.29 is 15.0 Å². The molecule has 0 bridgehead atoms. The monoisotopic (exact) mass is 282 g/mol. The summed E-state index contributed by atoms with van der Waals surface area (Å²) in [5.74, 6) is -1.04. The highest BCUT2D eigenvalue weighted by molar-refractivity contribution is 7.80. The Morgan fingerprint density at radius 3 is 2.47 bits per heavy atom. The van der Waals surface area contributed by atoms with Crippen LogP contribution in [-0.2, 0) is 4.79 Å². The number of benzene rings is 1. The van der Waals surface area contributed by atoms with E-state index in [-0.39, 0.29) is 10.7 Å². The van der Waals surface area contributed by atoms with E-state index < -0.39 is 17.4 Å². The summed E-state index contributed by atoms with van der Waals surface area (Å²) in [5, 5.41) is 21.7. The van der Waals surface area contributed by atoms with Gasteiger partial charge in [-0.2, -0.15) is 0 Å². The molecule has 0 heterocycles. The van der Waals surface area contributed by atoms with E-state index >= 15 is 0 Å². The smallest absolute Gasteiger partial charge is 0.326 e. The summed E-state index contributed by atoms with van der Waals surface area (Å²) in [4.78, 5) is 11.4. The van der Waals surface area contributed by atoms with Crippen molar-refractivity contribution in [1.82, 2.24) is 5.32 Å². The Hall–Kier alpha value is -1.82. The van der Waals surface area contributed by atoms with Crippen LogP contribution in [0.15, 0.2) is 18.2 Å². The molecule has 1 rings (SSSR count). The van der Waals surface area contributed by atoms with Gasteiger partial charge < -0.3 is 21.3 Å². The first-order valence-electron chi connectivity index (χ1n) is 5.75. The molecule has 0 aliphatic rings. The van der Waals surface area contributed by atoms with Gasteiger partial charge in [-0.05, 0) is 23.6 Å². The van der Waals surface area contributed by atoms with Crippen LogP contribution >= 0.6 is 12.2 Å². The molecule has 1 aromatic carbocycles. The molecule has 0 aliphatic carbocycles. The molecule has 0 unspecified atom stereocenters. The van der Waals surface area contributed by atoms with E-state index in [4.69, 9.17) is 18.0 Å². The van der Waals surface area contributed by atoms with Gasteiger partial charge in [0.05, 0.1) is 5.56 Å². The first-order chi connectivity index (χ1) is 8.62. The van der Waals surface area contributed by atoms with Crippen LogP contribution in [0.5, 0.6) is 5.75 Å². The quantitative estimate of drug-likeness (QED) is 0.383. The molecule has 104 valence electrons. The Morgan fingerprint density at radius 1 is 1.42 bits per heavy atom. The van der Waals surface area contributed by atoms with Crippen LogP contribution < -0.4 is 11.1 Å². The number of carboxylic acid groups (broad SMARTS) is 1. The van der Waals surface area contributed by atoms with Crippen LogP contribution in [0, 0.1) is 5.41 Å². The summed E-state index contributed by atoms with van der Waals surface area (Å²) in [6, 6.07) is 3.61. The van der Waals surface area contributed by atoms with Crippen LogP contribution in [0.25, 0.3) is 0 Å². The standard InChI is InChI=1S/C13H18N2O3S/c1-13(2,3)10(12(17)18)15-11(19)8-6-7(14)4-5-9(8)16/h4-6,10,16H,14H2,1-3H3,(H,15,19)(H,17,18)/t10-/m1/s1.